The molecule has 0 saturated heterocycles. The molecule has 3 aromatic rings. The number of carbonyl (C=O) groups is 2. The zero-order valence-corrected chi connectivity index (χ0v) is 17.2. The number of ether oxygens (including phenoxy) is 1. The first-order valence-electron chi connectivity index (χ1n) is 8.80. The smallest absolute Gasteiger partial charge is 0.291 e. The van der Waals surface area contributed by atoms with Gasteiger partial charge in [0, 0.05) is 6.54 Å². The maximum Gasteiger partial charge on any atom is 0.291 e. The lowest BCUT2D eigenvalue weighted by molar-refractivity contribution is -0.117. The van der Waals surface area contributed by atoms with Gasteiger partial charge in [0.2, 0.25) is 0 Å². The van der Waals surface area contributed by atoms with Crippen molar-refractivity contribution in [2.45, 2.75) is 6.54 Å². The molecule has 0 aliphatic carbocycles. The molecule has 0 radical (unpaired) electrons. The van der Waals surface area contributed by atoms with E-state index in [1.165, 1.54) is 6.07 Å². The van der Waals surface area contributed by atoms with Crippen molar-refractivity contribution in [3.05, 3.63) is 94.0 Å². The van der Waals surface area contributed by atoms with Crippen LogP contribution < -0.4 is 15.4 Å². The fourth-order valence-corrected chi connectivity index (χ4v) is 2.83. The van der Waals surface area contributed by atoms with Gasteiger partial charge in [-0.15, -0.1) is 0 Å². The Morgan fingerprint density at radius 2 is 1.76 bits per heavy atom. The van der Waals surface area contributed by atoms with E-state index in [1.54, 1.807) is 43.5 Å². The van der Waals surface area contributed by atoms with Crippen molar-refractivity contribution >= 4 is 33.8 Å². The quantitative estimate of drug-likeness (QED) is 0.525. The standard InChI is InChI=1S/C22H19BrN2O4/c1-28-17-9-7-15(8-10-17)13-18(25-22(27)19-11-12-20(23)29-19)21(26)24-14-16-5-3-2-4-6-16/h2-13H,14H2,1H3,(H,24,26)(H,25,27). The lowest BCUT2D eigenvalue weighted by Crippen LogP contribution is -2.34. The predicted molar refractivity (Wildman–Crippen MR) is 113 cm³/mol. The number of hydrogen-bond acceptors (Lipinski definition) is 4. The van der Waals surface area contributed by atoms with Crippen LogP contribution in [0.25, 0.3) is 6.08 Å². The Kier molecular flexibility index (Phi) is 6.86. The minimum absolute atomic E-state index is 0.0911. The van der Waals surface area contributed by atoms with Crippen LogP contribution >= 0.6 is 15.9 Å². The van der Waals surface area contributed by atoms with Gasteiger partial charge in [0.15, 0.2) is 10.4 Å². The molecule has 0 atom stereocenters. The first kappa shape index (κ1) is 20.4. The van der Waals surface area contributed by atoms with E-state index in [2.05, 4.69) is 26.6 Å². The van der Waals surface area contributed by atoms with Gasteiger partial charge in [-0.3, -0.25) is 9.59 Å². The Bertz CT molecular complexity index is 1010. The van der Waals surface area contributed by atoms with Gasteiger partial charge < -0.3 is 19.8 Å². The van der Waals surface area contributed by atoms with E-state index in [9.17, 15) is 9.59 Å². The monoisotopic (exact) mass is 454 g/mol. The minimum atomic E-state index is -0.523. The molecule has 3 rings (SSSR count). The summed E-state index contributed by atoms with van der Waals surface area (Å²) in [6.45, 7) is 0.335. The van der Waals surface area contributed by atoms with Crippen LogP contribution in [0.3, 0.4) is 0 Å². The van der Waals surface area contributed by atoms with Crippen molar-refractivity contribution in [1.29, 1.82) is 0 Å². The second kappa shape index (κ2) is 9.75. The number of halogens is 1. The number of nitrogens with one attached hydrogen (secondary N) is 2. The number of carbonyl (C=O) groups excluding carboxylic acids is 2. The van der Waals surface area contributed by atoms with Gasteiger partial charge in [-0.1, -0.05) is 42.5 Å². The third-order valence-corrected chi connectivity index (χ3v) is 4.44. The molecule has 0 saturated carbocycles. The SMILES string of the molecule is COc1ccc(C=C(NC(=O)c2ccc(Br)o2)C(=O)NCc2ccccc2)cc1. The fraction of sp³-hybridized carbons (Fsp3) is 0.0909. The van der Waals surface area contributed by atoms with Gasteiger partial charge in [-0.05, 0) is 57.4 Å². The first-order chi connectivity index (χ1) is 14.0. The summed E-state index contributed by atoms with van der Waals surface area (Å²) in [7, 11) is 1.58. The second-order valence-corrected chi connectivity index (χ2v) is 6.84. The Morgan fingerprint density at radius 1 is 1.03 bits per heavy atom. The Balaban J connectivity index is 1.80. The van der Waals surface area contributed by atoms with Crippen molar-refractivity contribution in [3.63, 3.8) is 0 Å². The summed E-state index contributed by atoms with van der Waals surface area (Å²) in [6, 6.07) is 19.8. The number of furan rings is 1. The molecule has 6 nitrogen and oxygen atoms in total. The van der Waals surface area contributed by atoms with Crippen molar-refractivity contribution in [1.82, 2.24) is 10.6 Å². The van der Waals surface area contributed by atoms with Crippen LogP contribution in [0.2, 0.25) is 0 Å². The molecule has 148 valence electrons. The maximum atomic E-state index is 12.8. The van der Waals surface area contributed by atoms with E-state index in [0.717, 1.165) is 11.1 Å². The van der Waals surface area contributed by atoms with Crippen molar-refractivity contribution in [3.8, 4) is 5.75 Å². The summed E-state index contributed by atoms with van der Waals surface area (Å²) in [5, 5.41) is 5.44. The molecule has 0 aliphatic rings. The number of methoxy groups -OCH3 is 1. The van der Waals surface area contributed by atoms with Crippen LogP contribution in [0.15, 0.2) is 81.5 Å². The number of benzene rings is 2. The molecule has 0 unspecified atom stereocenters. The van der Waals surface area contributed by atoms with Gasteiger partial charge >= 0.3 is 0 Å². The van der Waals surface area contributed by atoms with Gasteiger partial charge in [-0.2, -0.15) is 0 Å². The number of hydrogen-bond donors (Lipinski definition) is 2. The van der Waals surface area contributed by atoms with Crippen LogP contribution in [-0.2, 0) is 11.3 Å². The van der Waals surface area contributed by atoms with Crippen LogP contribution in [0.1, 0.15) is 21.7 Å². The van der Waals surface area contributed by atoms with E-state index < -0.39 is 11.8 Å². The molecule has 2 amide bonds. The van der Waals surface area contributed by atoms with Crippen LogP contribution in [0.5, 0.6) is 5.75 Å². The van der Waals surface area contributed by atoms with Crippen LogP contribution in [0, 0.1) is 0 Å². The molecular weight excluding hydrogens is 436 g/mol. The lowest BCUT2D eigenvalue weighted by Gasteiger charge is -2.11. The molecule has 0 spiro atoms. The molecule has 2 N–H and O–H groups in total. The Labute approximate surface area is 176 Å². The number of amides is 2. The highest BCUT2D eigenvalue weighted by Gasteiger charge is 2.17. The first-order valence-corrected chi connectivity index (χ1v) is 9.59. The molecule has 0 fully saturated rings. The van der Waals surface area contributed by atoms with Crippen molar-refractivity contribution in [2.24, 2.45) is 0 Å². The predicted octanol–water partition coefficient (Wildman–Crippen LogP) is 4.14. The molecule has 2 aromatic carbocycles. The topological polar surface area (TPSA) is 80.6 Å². The van der Waals surface area contributed by atoms with E-state index in [0.29, 0.717) is 17.0 Å². The van der Waals surface area contributed by atoms with Gasteiger partial charge in [0.1, 0.15) is 11.4 Å². The molecule has 29 heavy (non-hydrogen) atoms. The summed E-state index contributed by atoms with van der Waals surface area (Å²) in [5.41, 5.74) is 1.78. The maximum absolute atomic E-state index is 12.8. The van der Waals surface area contributed by atoms with Crippen LogP contribution in [-0.4, -0.2) is 18.9 Å². The van der Waals surface area contributed by atoms with E-state index in [1.807, 2.05) is 30.3 Å². The van der Waals surface area contributed by atoms with Gasteiger partial charge in [-0.25, -0.2) is 0 Å². The lowest BCUT2D eigenvalue weighted by atomic mass is 10.1. The molecule has 7 heteroatoms. The average molecular weight is 455 g/mol. The summed E-state index contributed by atoms with van der Waals surface area (Å²) in [4.78, 5) is 25.2. The summed E-state index contributed by atoms with van der Waals surface area (Å²) < 4.78 is 10.8. The Morgan fingerprint density at radius 3 is 2.38 bits per heavy atom. The summed E-state index contributed by atoms with van der Waals surface area (Å²) >= 11 is 3.16. The Hall–Kier alpha value is -3.32. The highest BCUT2D eigenvalue weighted by atomic mass is 79.9. The van der Waals surface area contributed by atoms with Crippen molar-refractivity contribution in [2.75, 3.05) is 7.11 Å². The van der Waals surface area contributed by atoms with Gasteiger partial charge in [0.25, 0.3) is 11.8 Å². The minimum Gasteiger partial charge on any atom is -0.497 e. The van der Waals surface area contributed by atoms with Crippen molar-refractivity contribution < 1.29 is 18.7 Å². The highest BCUT2D eigenvalue weighted by Crippen LogP contribution is 2.16. The number of rotatable bonds is 7. The van der Waals surface area contributed by atoms with E-state index >= 15 is 0 Å². The van der Waals surface area contributed by atoms with Gasteiger partial charge in [0.05, 0.1) is 7.11 Å². The van der Waals surface area contributed by atoms with E-state index in [4.69, 9.17) is 9.15 Å². The fourth-order valence-electron chi connectivity index (χ4n) is 2.52. The normalized spacial score (nSPS) is 11.0. The van der Waals surface area contributed by atoms with Crippen LogP contribution in [0.4, 0.5) is 0 Å². The summed E-state index contributed by atoms with van der Waals surface area (Å²) in [6.07, 6.45) is 1.59. The molecule has 0 aliphatic heterocycles. The zero-order valence-electron chi connectivity index (χ0n) is 15.6. The highest BCUT2D eigenvalue weighted by molar-refractivity contribution is 9.10. The largest absolute Gasteiger partial charge is 0.497 e. The molecular formula is C22H19BrN2O4. The average Bonchev–Trinajstić information content (AvgIpc) is 3.19. The second-order valence-electron chi connectivity index (χ2n) is 6.06. The third-order valence-electron chi connectivity index (χ3n) is 4.01. The summed E-state index contributed by atoms with van der Waals surface area (Å²) in [5.74, 6) is -0.149. The third kappa shape index (κ3) is 5.83. The zero-order chi connectivity index (χ0) is 20.6. The molecule has 0 bridgehead atoms. The van der Waals surface area contributed by atoms with E-state index in [-0.39, 0.29) is 11.5 Å². The molecule has 1 heterocycles. The molecule has 1 aromatic heterocycles.